The highest BCUT2D eigenvalue weighted by Gasteiger charge is 2.30. The lowest BCUT2D eigenvalue weighted by Crippen LogP contribution is -2.25. The summed E-state index contributed by atoms with van der Waals surface area (Å²) in [5.74, 6) is 3.12. The predicted octanol–water partition coefficient (Wildman–Crippen LogP) is 1.98. The van der Waals surface area contributed by atoms with Gasteiger partial charge < -0.3 is 10.4 Å². The summed E-state index contributed by atoms with van der Waals surface area (Å²) in [6, 6.07) is 4.50. The molecule has 0 unspecified atom stereocenters. The van der Waals surface area contributed by atoms with Crippen LogP contribution in [-0.2, 0) is 6.18 Å². The van der Waals surface area contributed by atoms with E-state index in [9.17, 15) is 22.8 Å². The molecular weight excluding hydrogens is 339 g/mol. The minimum atomic E-state index is -4.45. The standard InChI is InChI=1S/C16H10F3N3O3/c17-16(18,19)11-5-1-3-10(7-11)4-2-6-20-14(23)12-8-22-13(9-21-12)15(24)25/h1,3,5,7-9H,6H2,(H,20,23)(H,24,25). The summed E-state index contributed by atoms with van der Waals surface area (Å²) < 4.78 is 37.7. The van der Waals surface area contributed by atoms with Crippen LogP contribution in [0.3, 0.4) is 0 Å². The summed E-state index contributed by atoms with van der Waals surface area (Å²) in [6.07, 6.45) is -2.52. The third-order valence-corrected chi connectivity index (χ3v) is 2.86. The molecule has 0 aliphatic carbocycles. The summed E-state index contributed by atoms with van der Waals surface area (Å²) in [4.78, 5) is 29.6. The Kier molecular flexibility index (Phi) is 5.34. The molecule has 0 spiro atoms. The van der Waals surface area contributed by atoms with Gasteiger partial charge in [0.15, 0.2) is 5.69 Å². The Morgan fingerprint density at radius 3 is 2.44 bits per heavy atom. The molecule has 0 bridgehead atoms. The van der Waals surface area contributed by atoms with Crippen LogP contribution in [0, 0.1) is 11.8 Å². The fraction of sp³-hybridized carbons (Fsp3) is 0.125. The lowest BCUT2D eigenvalue weighted by Gasteiger charge is -2.05. The van der Waals surface area contributed by atoms with Gasteiger partial charge in [-0.2, -0.15) is 13.2 Å². The number of amides is 1. The van der Waals surface area contributed by atoms with Crippen LogP contribution in [0.2, 0.25) is 0 Å². The van der Waals surface area contributed by atoms with Crippen molar-refractivity contribution in [1.82, 2.24) is 15.3 Å². The van der Waals surface area contributed by atoms with Gasteiger partial charge in [-0.15, -0.1) is 0 Å². The van der Waals surface area contributed by atoms with Crippen molar-refractivity contribution < 1.29 is 27.9 Å². The van der Waals surface area contributed by atoms with E-state index in [-0.39, 0.29) is 23.5 Å². The molecule has 128 valence electrons. The molecular formula is C16H10F3N3O3. The van der Waals surface area contributed by atoms with Gasteiger partial charge in [-0.3, -0.25) is 4.79 Å². The van der Waals surface area contributed by atoms with Crippen LogP contribution in [0.1, 0.15) is 32.1 Å². The second kappa shape index (κ2) is 7.44. The Labute approximate surface area is 139 Å². The van der Waals surface area contributed by atoms with Crippen molar-refractivity contribution >= 4 is 11.9 Å². The molecule has 2 N–H and O–H groups in total. The molecule has 0 aliphatic heterocycles. The van der Waals surface area contributed by atoms with Crippen molar-refractivity contribution in [3.05, 3.63) is 59.2 Å². The number of alkyl halides is 3. The largest absolute Gasteiger partial charge is 0.476 e. The quantitative estimate of drug-likeness (QED) is 0.827. The maximum Gasteiger partial charge on any atom is 0.416 e. The number of nitrogens with one attached hydrogen (secondary N) is 1. The number of halogens is 3. The number of carbonyl (C=O) groups is 2. The van der Waals surface area contributed by atoms with Crippen LogP contribution in [-0.4, -0.2) is 33.5 Å². The molecule has 0 saturated heterocycles. The summed E-state index contributed by atoms with van der Waals surface area (Å²) in [5.41, 5.74) is -1.06. The molecule has 1 heterocycles. The molecule has 0 radical (unpaired) electrons. The number of carboxylic acids is 1. The number of benzene rings is 1. The monoisotopic (exact) mass is 349 g/mol. The average molecular weight is 349 g/mol. The molecule has 6 nitrogen and oxygen atoms in total. The van der Waals surface area contributed by atoms with E-state index in [1.54, 1.807) is 0 Å². The Balaban J connectivity index is 1.96. The van der Waals surface area contributed by atoms with E-state index < -0.39 is 23.6 Å². The van der Waals surface area contributed by atoms with Crippen molar-refractivity contribution in [3.63, 3.8) is 0 Å². The van der Waals surface area contributed by atoms with E-state index in [0.29, 0.717) is 0 Å². The maximum absolute atomic E-state index is 12.6. The molecule has 25 heavy (non-hydrogen) atoms. The molecule has 9 heteroatoms. The number of carboxylic acid groups (broad SMARTS) is 1. The average Bonchev–Trinajstić information content (AvgIpc) is 2.58. The fourth-order valence-electron chi connectivity index (χ4n) is 1.69. The number of hydrogen-bond acceptors (Lipinski definition) is 4. The zero-order chi connectivity index (χ0) is 18.4. The first-order valence-corrected chi connectivity index (χ1v) is 6.77. The summed E-state index contributed by atoms with van der Waals surface area (Å²) in [7, 11) is 0. The van der Waals surface area contributed by atoms with Crippen molar-refractivity contribution in [3.8, 4) is 11.8 Å². The van der Waals surface area contributed by atoms with Crippen LogP contribution in [0.25, 0.3) is 0 Å². The number of carbonyl (C=O) groups excluding carboxylic acids is 1. The number of nitrogens with zero attached hydrogens (tertiary/aromatic N) is 2. The Hall–Kier alpha value is -3.41. The number of hydrogen-bond donors (Lipinski definition) is 2. The minimum absolute atomic E-state index is 0.106. The number of rotatable bonds is 3. The molecule has 0 fully saturated rings. The molecule has 1 aromatic carbocycles. The van der Waals surface area contributed by atoms with Gasteiger partial charge in [0, 0.05) is 5.56 Å². The summed E-state index contributed by atoms with van der Waals surface area (Å²) in [5, 5.41) is 11.1. The summed E-state index contributed by atoms with van der Waals surface area (Å²) in [6.45, 7) is -0.128. The van der Waals surface area contributed by atoms with E-state index in [0.717, 1.165) is 24.5 Å². The maximum atomic E-state index is 12.6. The third kappa shape index (κ3) is 5.04. The van der Waals surface area contributed by atoms with Gasteiger partial charge in [-0.1, -0.05) is 17.9 Å². The summed E-state index contributed by atoms with van der Waals surface area (Å²) >= 11 is 0. The van der Waals surface area contributed by atoms with Crippen molar-refractivity contribution in [2.75, 3.05) is 6.54 Å². The molecule has 2 rings (SSSR count). The molecule has 1 aromatic heterocycles. The lowest BCUT2D eigenvalue weighted by molar-refractivity contribution is -0.137. The lowest BCUT2D eigenvalue weighted by atomic mass is 10.1. The SMILES string of the molecule is O=C(O)c1cnc(C(=O)NCC#Cc2cccc(C(F)(F)F)c2)cn1. The highest BCUT2D eigenvalue weighted by atomic mass is 19.4. The molecule has 0 aliphatic rings. The Morgan fingerprint density at radius 1 is 1.16 bits per heavy atom. The van der Waals surface area contributed by atoms with Crippen LogP contribution in [0.5, 0.6) is 0 Å². The zero-order valence-corrected chi connectivity index (χ0v) is 12.5. The van der Waals surface area contributed by atoms with Crippen LogP contribution in [0.4, 0.5) is 13.2 Å². The zero-order valence-electron chi connectivity index (χ0n) is 12.5. The van der Waals surface area contributed by atoms with E-state index in [1.165, 1.54) is 12.1 Å². The van der Waals surface area contributed by atoms with E-state index in [1.807, 2.05) is 0 Å². The second-order valence-corrected chi connectivity index (χ2v) is 4.66. The Morgan fingerprint density at radius 2 is 1.84 bits per heavy atom. The van der Waals surface area contributed by atoms with Gasteiger partial charge in [0.05, 0.1) is 24.5 Å². The van der Waals surface area contributed by atoms with E-state index in [2.05, 4.69) is 27.1 Å². The van der Waals surface area contributed by atoms with E-state index in [4.69, 9.17) is 5.11 Å². The normalized spacial score (nSPS) is 10.5. The molecule has 0 atom stereocenters. The molecule has 2 aromatic rings. The highest BCUT2D eigenvalue weighted by Crippen LogP contribution is 2.29. The topological polar surface area (TPSA) is 92.2 Å². The first-order chi connectivity index (χ1) is 11.8. The third-order valence-electron chi connectivity index (χ3n) is 2.86. The van der Waals surface area contributed by atoms with Gasteiger partial charge in [0.25, 0.3) is 5.91 Å². The van der Waals surface area contributed by atoms with Gasteiger partial charge in [0.1, 0.15) is 5.69 Å². The Bertz CT molecular complexity index is 853. The van der Waals surface area contributed by atoms with E-state index >= 15 is 0 Å². The van der Waals surface area contributed by atoms with Gasteiger partial charge in [0.2, 0.25) is 0 Å². The van der Waals surface area contributed by atoms with Crippen molar-refractivity contribution in [2.24, 2.45) is 0 Å². The van der Waals surface area contributed by atoms with Gasteiger partial charge in [-0.05, 0) is 18.2 Å². The number of aromatic carboxylic acids is 1. The first-order valence-electron chi connectivity index (χ1n) is 6.77. The van der Waals surface area contributed by atoms with Crippen molar-refractivity contribution in [2.45, 2.75) is 6.18 Å². The number of aromatic nitrogens is 2. The van der Waals surface area contributed by atoms with Crippen LogP contribution in [0.15, 0.2) is 36.7 Å². The highest BCUT2D eigenvalue weighted by molar-refractivity contribution is 5.92. The van der Waals surface area contributed by atoms with Gasteiger partial charge >= 0.3 is 12.1 Å². The fourth-order valence-corrected chi connectivity index (χ4v) is 1.69. The first kappa shape index (κ1) is 17.9. The van der Waals surface area contributed by atoms with Crippen molar-refractivity contribution in [1.29, 1.82) is 0 Å². The second-order valence-electron chi connectivity index (χ2n) is 4.66. The molecule has 1 amide bonds. The minimum Gasteiger partial charge on any atom is -0.476 e. The van der Waals surface area contributed by atoms with Gasteiger partial charge in [-0.25, -0.2) is 14.8 Å². The molecule has 0 saturated carbocycles. The van der Waals surface area contributed by atoms with Crippen LogP contribution >= 0.6 is 0 Å². The van der Waals surface area contributed by atoms with Crippen LogP contribution < -0.4 is 5.32 Å². The predicted molar refractivity (Wildman–Crippen MR) is 79.6 cm³/mol. The smallest absolute Gasteiger partial charge is 0.416 e.